The van der Waals surface area contributed by atoms with Crippen molar-refractivity contribution >= 4 is 29.9 Å². The minimum absolute atomic E-state index is 0. The summed E-state index contributed by atoms with van der Waals surface area (Å²) in [7, 11) is 3.68. The van der Waals surface area contributed by atoms with Crippen molar-refractivity contribution in [3.8, 4) is 5.75 Å². The average Bonchev–Trinajstić information content (AvgIpc) is 2.89. The maximum absolute atomic E-state index is 5.59. The quantitative estimate of drug-likeness (QED) is 0.408. The first-order chi connectivity index (χ1) is 11.5. The summed E-state index contributed by atoms with van der Waals surface area (Å²) < 4.78 is 10.9. The summed E-state index contributed by atoms with van der Waals surface area (Å²) in [6, 6.07) is 8.03. The first-order valence-electron chi connectivity index (χ1n) is 8.08. The number of nitrogens with zero attached hydrogens (tertiary/aromatic N) is 3. The van der Waals surface area contributed by atoms with E-state index in [-0.39, 0.29) is 24.0 Å². The highest BCUT2D eigenvalue weighted by molar-refractivity contribution is 14.0. The van der Waals surface area contributed by atoms with Gasteiger partial charge in [0.15, 0.2) is 5.96 Å². The second-order valence-corrected chi connectivity index (χ2v) is 5.63. The highest BCUT2D eigenvalue weighted by Gasteiger charge is 2.09. The zero-order valence-corrected chi connectivity index (χ0v) is 17.8. The molecule has 0 amide bonds. The summed E-state index contributed by atoms with van der Waals surface area (Å²) in [4.78, 5) is 11.1. The van der Waals surface area contributed by atoms with Crippen molar-refractivity contribution in [1.82, 2.24) is 15.2 Å². The Morgan fingerprint density at radius 1 is 1.36 bits per heavy atom. The van der Waals surface area contributed by atoms with Crippen LogP contribution in [-0.4, -0.2) is 36.5 Å². The normalized spacial score (nSPS) is 11.0. The largest absolute Gasteiger partial charge is 0.497 e. The standard InChI is InChI=1S/C18H26N4O2.HI/c1-6-19-18(20-11-17-21-13(2)14(3)24-17)22(4)12-15-8-7-9-16(10-15)23-5;/h7-10H,6,11-12H2,1-5H3,(H,19,20);1H. The zero-order valence-electron chi connectivity index (χ0n) is 15.5. The van der Waals surface area contributed by atoms with Gasteiger partial charge < -0.3 is 19.4 Å². The molecule has 138 valence electrons. The van der Waals surface area contributed by atoms with Gasteiger partial charge in [-0.1, -0.05) is 12.1 Å². The molecule has 0 aliphatic heterocycles. The van der Waals surface area contributed by atoms with Crippen LogP contribution in [0.4, 0.5) is 0 Å². The molecule has 0 aliphatic carbocycles. The second-order valence-electron chi connectivity index (χ2n) is 5.63. The van der Waals surface area contributed by atoms with Crippen LogP contribution in [0.25, 0.3) is 0 Å². The van der Waals surface area contributed by atoms with Crippen LogP contribution in [0.2, 0.25) is 0 Å². The molecule has 1 N–H and O–H groups in total. The molecule has 1 aromatic heterocycles. The molecule has 0 aliphatic rings. The zero-order chi connectivity index (χ0) is 17.5. The SMILES string of the molecule is CCNC(=NCc1nc(C)c(C)o1)N(C)Cc1cccc(OC)c1.I. The van der Waals surface area contributed by atoms with Gasteiger partial charge in [0.05, 0.1) is 12.8 Å². The predicted molar refractivity (Wildman–Crippen MR) is 111 cm³/mol. The van der Waals surface area contributed by atoms with E-state index in [1.807, 2.05) is 46.0 Å². The molecule has 7 heteroatoms. The van der Waals surface area contributed by atoms with E-state index in [1.54, 1.807) is 7.11 Å². The summed E-state index contributed by atoms with van der Waals surface area (Å²) >= 11 is 0. The minimum atomic E-state index is 0. The summed E-state index contributed by atoms with van der Waals surface area (Å²) in [5, 5.41) is 3.30. The third-order valence-electron chi connectivity index (χ3n) is 3.69. The number of oxazole rings is 1. The van der Waals surface area contributed by atoms with Gasteiger partial charge in [-0.05, 0) is 38.5 Å². The Kier molecular flexibility index (Phi) is 8.74. The highest BCUT2D eigenvalue weighted by atomic mass is 127. The molecule has 0 fully saturated rings. The Morgan fingerprint density at radius 2 is 2.12 bits per heavy atom. The fourth-order valence-corrected chi connectivity index (χ4v) is 2.34. The third-order valence-corrected chi connectivity index (χ3v) is 3.69. The number of rotatable bonds is 6. The van der Waals surface area contributed by atoms with Gasteiger partial charge in [0.2, 0.25) is 5.89 Å². The lowest BCUT2D eigenvalue weighted by molar-refractivity contribution is 0.412. The topological polar surface area (TPSA) is 62.9 Å². The van der Waals surface area contributed by atoms with E-state index in [9.17, 15) is 0 Å². The number of ether oxygens (including phenoxy) is 1. The fraction of sp³-hybridized carbons (Fsp3) is 0.444. The molecule has 1 aromatic carbocycles. The van der Waals surface area contributed by atoms with Crippen LogP contribution < -0.4 is 10.1 Å². The number of benzene rings is 1. The van der Waals surface area contributed by atoms with Crippen LogP contribution in [0.5, 0.6) is 5.75 Å². The summed E-state index contributed by atoms with van der Waals surface area (Å²) in [5.41, 5.74) is 2.07. The Morgan fingerprint density at radius 3 is 2.72 bits per heavy atom. The average molecular weight is 458 g/mol. The predicted octanol–water partition coefficient (Wildman–Crippen LogP) is 3.52. The number of aryl methyl sites for hydroxylation is 2. The van der Waals surface area contributed by atoms with Gasteiger partial charge in [0.1, 0.15) is 18.1 Å². The summed E-state index contributed by atoms with van der Waals surface area (Å²) in [6.07, 6.45) is 0. The van der Waals surface area contributed by atoms with Gasteiger partial charge in [-0.3, -0.25) is 0 Å². The van der Waals surface area contributed by atoms with Gasteiger partial charge in [0.25, 0.3) is 0 Å². The molecule has 0 saturated heterocycles. The molecule has 0 atom stereocenters. The number of aromatic nitrogens is 1. The number of halogens is 1. The Labute approximate surface area is 166 Å². The van der Waals surface area contributed by atoms with E-state index in [0.29, 0.717) is 12.4 Å². The molecule has 2 aromatic rings. The fourth-order valence-electron chi connectivity index (χ4n) is 2.34. The van der Waals surface area contributed by atoms with E-state index >= 15 is 0 Å². The number of hydrogen-bond donors (Lipinski definition) is 1. The van der Waals surface area contributed by atoms with Crippen LogP contribution in [0, 0.1) is 13.8 Å². The number of nitrogens with one attached hydrogen (secondary N) is 1. The van der Waals surface area contributed by atoms with Crippen LogP contribution in [0.1, 0.15) is 29.8 Å². The molecule has 0 bridgehead atoms. The number of aliphatic imine (C=N–C) groups is 1. The Bertz CT molecular complexity index is 681. The molecule has 0 spiro atoms. The lowest BCUT2D eigenvalue weighted by Gasteiger charge is -2.22. The molecule has 0 saturated carbocycles. The molecule has 25 heavy (non-hydrogen) atoms. The van der Waals surface area contributed by atoms with E-state index in [1.165, 1.54) is 0 Å². The van der Waals surface area contributed by atoms with Crippen molar-refractivity contribution in [1.29, 1.82) is 0 Å². The molecular formula is C18H27IN4O2. The van der Waals surface area contributed by atoms with E-state index in [4.69, 9.17) is 9.15 Å². The first kappa shape index (κ1) is 21.3. The van der Waals surface area contributed by atoms with Crippen molar-refractivity contribution in [3.63, 3.8) is 0 Å². The smallest absolute Gasteiger partial charge is 0.216 e. The lowest BCUT2D eigenvalue weighted by atomic mass is 10.2. The van der Waals surface area contributed by atoms with Gasteiger partial charge in [0, 0.05) is 20.1 Å². The molecule has 0 unspecified atom stereocenters. The van der Waals surface area contributed by atoms with E-state index in [0.717, 1.165) is 41.8 Å². The van der Waals surface area contributed by atoms with Crippen LogP contribution in [0.15, 0.2) is 33.7 Å². The lowest BCUT2D eigenvalue weighted by Crippen LogP contribution is -2.38. The second kappa shape index (κ2) is 10.3. The van der Waals surface area contributed by atoms with Crippen molar-refractivity contribution in [2.75, 3.05) is 20.7 Å². The van der Waals surface area contributed by atoms with Crippen molar-refractivity contribution in [3.05, 3.63) is 47.2 Å². The van der Waals surface area contributed by atoms with Crippen molar-refractivity contribution in [2.45, 2.75) is 33.9 Å². The monoisotopic (exact) mass is 458 g/mol. The van der Waals surface area contributed by atoms with Crippen molar-refractivity contribution < 1.29 is 9.15 Å². The van der Waals surface area contributed by atoms with Gasteiger partial charge in [-0.15, -0.1) is 24.0 Å². The maximum atomic E-state index is 5.59. The Hall–Kier alpha value is -1.77. The molecule has 0 radical (unpaired) electrons. The highest BCUT2D eigenvalue weighted by Crippen LogP contribution is 2.14. The van der Waals surface area contributed by atoms with Gasteiger partial charge >= 0.3 is 0 Å². The van der Waals surface area contributed by atoms with E-state index < -0.39 is 0 Å². The van der Waals surface area contributed by atoms with E-state index in [2.05, 4.69) is 26.3 Å². The minimum Gasteiger partial charge on any atom is -0.497 e. The number of hydrogen-bond acceptors (Lipinski definition) is 4. The van der Waals surface area contributed by atoms with Crippen LogP contribution >= 0.6 is 24.0 Å². The first-order valence-corrected chi connectivity index (χ1v) is 8.08. The van der Waals surface area contributed by atoms with Crippen molar-refractivity contribution in [2.24, 2.45) is 4.99 Å². The molecular weight excluding hydrogens is 431 g/mol. The van der Waals surface area contributed by atoms with Gasteiger partial charge in [-0.2, -0.15) is 0 Å². The number of methoxy groups -OCH3 is 1. The van der Waals surface area contributed by atoms with Crippen LogP contribution in [0.3, 0.4) is 0 Å². The molecule has 1 heterocycles. The summed E-state index contributed by atoms with van der Waals surface area (Å²) in [5.74, 6) is 3.15. The van der Waals surface area contributed by atoms with Crippen LogP contribution in [-0.2, 0) is 13.1 Å². The summed E-state index contributed by atoms with van der Waals surface area (Å²) in [6.45, 7) is 7.84. The molecule has 2 rings (SSSR count). The number of guanidine groups is 1. The molecule has 6 nitrogen and oxygen atoms in total. The maximum Gasteiger partial charge on any atom is 0.216 e. The van der Waals surface area contributed by atoms with Gasteiger partial charge in [-0.25, -0.2) is 9.98 Å². The third kappa shape index (κ3) is 6.22. The Balaban J connectivity index is 0.00000312.